The number of hydrogen-bond donors (Lipinski definition) is 2. The molecule has 0 aliphatic heterocycles. The van der Waals surface area contributed by atoms with Crippen molar-refractivity contribution in [3.8, 4) is 5.75 Å². The third-order valence-electron chi connectivity index (χ3n) is 4.04. The van der Waals surface area contributed by atoms with Crippen LogP contribution < -0.4 is 15.5 Å². The summed E-state index contributed by atoms with van der Waals surface area (Å²) in [4.78, 5) is 25.1. The molecule has 0 unspecified atom stereocenters. The molecule has 2 aromatic carbocycles. The van der Waals surface area contributed by atoms with Crippen LogP contribution in [0.25, 0.3) is 0 Å². The molecule has 7 heteroatoms. The lowest BCUT2D eigenvalue weighted by Crippen LogP contribution is -2.19. The Labute approximate surface area is 173 Å². The third kappa shape index (κ3) is 5.52. The molecule has 29 heavy (non-hydrogen) atoms. The van der Waals surface area contributed by atoms with Crippen LogP contribution >= 0.6 is 11.3 Å². The Morgan fingerprint density at radius 1 is 1.00 bits per heavy atom. The molecule has 0 atom stereocenters. The van der Waals surface area contributed by atoms with Crippen LogP contribution in [0.3, 0.4) is 0 Å². The molecular formula is C22H21N3O3S. The number of rotatable bonds is 7. The van der Waals surface area contributed by atoms with Crippen LogP contribution in [0.4, 0.5) is 5.69 Å². The first kappa shape index (κ1) is 20.3. The van der Waals surface area contributed by atoms with Gasteiger partial charge in [-0.3, -0.25) is 9.59 Å². The molecule has 0 bridgehead atoms. The highest BCUT2D eigenvalue weighted by Crippen LogP contribution is 2.16. The van der Waals surface area contributed by atoms with Crippen molar-refractivity contribution in [1.82, 2.24) is 5.43 Å². The first-order valence-electron chi connectivity index (χ1n) is 9.09. The Kier molecular flexibility index (Phi) is 6.76. The van der Waals surface area contributed by atoms with Crippen molar-refractivity contribution in [1.29, 1.82) is 0 Å². The Hall–Kier alpha value is -3.45. The van der Waals surface area contributed by atoms with E-state index in [1.54, 1.807) is 43.3 Å². The molecule has 2 N–H and O–H groups in total. The van der Waals surface area contributed by atoms with Gasteiger partial charge in [0.15, 0.2) is 0 Å². The Morgan fingerprint density at radius 3 is 2.48 bits per heavy atom. The summed E-state index contributed by atoms with van der Waals surface area (Å²) in [5, 5.41) is 8.89. The van der Waals surface area contributed by atoms with E-state index in [4.69, 9.17) is 4.74 Å². The molecule has 1 heterocycles. The van der Waals surface area contributed by atoms with Crippen LogP contribution in [0.15, 0.2) is 71.1 Å². The number of benzene rings is 2. The van der Waals surface area contributed by atoms with Crippen LogP contribution in [-0.2, 0) is 0 Å². The van der Waals surface area contributed by atoms with E-state index in [0.29, 0.717) is 34.2 Å². The quantitative estimate of drug-likeness (QED) is 0.445. The van der Waals surface area contributed by atoms with Crippen molar-refractivity contribution >= 4 is 34.6 Å². The molecule has 0 saturated carbocycles. The van der Waals surface area contributed by atoms with E-state index < -0.39 is 0 Å². The van der Waals surface area contributed by atoms with Crippen LogP contribution in [0.2, 0.25) is 0 Å². The molecule has 2 amide bonds. The lowest BCUT2D eigenvalue weighted by Gasteiger charge is -2.07. The second kappa shape index (κ2) is 9.66. The number of ether oxygens (including phenoxy) is 1. The number of hydrogen-bond acceptors (Lipinski definition) is 5. The molecule has 0 spiro atoms. The summed E-state index contributed by atoms with van der Waals surface area (Å²) in [6.45, 7) is 4.27. The average molecular weight is 407 g/mol. The maximum atomic E-state index is 12.3. The molecule has 0 radical (unpaired) electrons. The maximum Gasteiger partial charge on any atom is 0.271 e. The van der Waals surface area contributed by atoms with Gasteiger partial charge in [0, 0.05) is 11.3 Å². The minimum atomic E-state index is -0.311. The number of hydrazone groups is 1. The standard InChI is InChI=1S/C22H21N3O3S/c1-3-28-19-11-9-16(10-12-19)21(26)25-24-15(2)17-6-4-7-18(14-17)23-22(27)20-8-5-13-29-20/h4-14H,3H2,1-2H3,(H,23,27)(H,25,26). The number of nitrogens with one attached hydrogen (secondary N) is 2. The number of thiophene rings is 1. The summed E-state index contributed by atoms with van der Waals surface area (Å²) in [6.07, 6.45) is 0. The highest BCUT2D eigenvalue weighted by Gasteiger charge is 2.09. The van der Waals surface area contributed by atoms with Gasteiger partial charge in [-0.05, 0) is 67.3 Å². The molecule has 6 nitrogen and oxygen atoms in total. The van der Waals surface area contributed by atoms with Crippen molar-refractivity contribution in [2.45, 2.75) is 13.8 Å². The molecule has 0 saturated heterocycles. The zero-order valence-electron chi connectivity index (χ0n) is 16.1. The summed E-state index contributed by atoms with van der Waals surface area (Å²) < 4.78 is 5.37. The average Bonchev–Trinajstić information content (AvgIpc) is 3.28. The van der Waals surface area contributed by atoms with Gasteiger partial charge in [0.05, 0.1) is 17.2 Å². The topological polar surface area (TPSA) is 79.8 Å². The first-order valence-corrected chi connectivity index (χ1v) is 9.97. The molecular weight excluding hydrogens is 386 g/mol. The van der Waals surface area contributed by atoms with E-state index in [0.717, 1.165) is 5.56 Å². The van der Waals surface area contributed by atoms with Gasteiger partial charge in [-0.15, -0.1) is 11.3 Å². The molecule has 148 valence electrons. The normalized spacial score (nSPS) is 11.0. The summed E-state index contributed by atoms with van der Waals surface area (Å²) >= 11 is 1.38. The van der Waals surface area contributed by atoms with Gasteiger partial charge in [-0.25, -0.2) is 5.43 Å². The second-order valence-corrected chi connectivity index (χ2v) is 7.06. The van der Waals surface area contributed by atoms with Gasteiger partial charge in [-0.2, -0.15) is 5.10 Å². The predicted octanol–water partition coefficient (Wildman–Crippen LogP) is 4.55. The van der Waals surface area contributed by atoms with E-state index in [1.165, 1.54) is 11.3 Å². The summed E-state index contributed by atoms with van der Waals surface area (Å²) in [5.41, 5.74) is 5.12. The third-order valence-corrected chi connectivity index (χ3v) is 4.90. The van der Waals surface area contributed by atoms with E-state index >= 15 is 0 Å². The summed E-state index contributed by atoms with van der Waals surface area (Å²) in [5.74, 6) is 0.246. The predicted molar refractivity (Wildman–Crippen MR) is 116 cm³/mol. The van der Waals surface area contributed by atoms with Crippen LogP contribution in [-0.4, -0.2) is 24.1 Å². The second-order valence-electron chi connectivity index (χ2n) is 6.11. The van der Waals surface area contributed by atoms with Crippen molar-refractivity contribution in [3.63, 3.8) is 0 Å². The smallest absolute Gasteiger partial charge is 0.271 e. The number of nitrogens with zero attached hydrogens (tertiary/aromatic N) is 1. The van der Waals surface area contributed by atoms with Gasteiger partial charge in [0.2, 0.25) is 0 Å². The Balaban J connectivity index is 1.64. The van der Waals surface area contributed by atoms with E-state index in [1.807, 2.05) is 36.6 Å². The molecule has 0 aliphatic rings. The lowest BCUT2D eigenvalue weighted by atomic mass is 10.1. The van der Waals surface area contributed by atoms with E-state index in [2.05, 4.69) is 15.8 Å². The zero-order valence-corrected chi connectivity index (χ0v) is 17.0. The molecule has 3 aromatic rings. The maximum absolute atomic E-state index is 12.3. The first-order chi connectivity index (χ1) is 14.1. The Morgan fingerprint density at radius 2 is 1.79 bits per heavy atom. The molecule has 3 rings (SSSR count). The highest BCUT2D eigenvalue weighted by molar-refractivity contribution is 7.12. The van der Waals surface area contributed by atoms with Gasteiger partial charge in [-0.1, -0.05) is 18.2 Å². The molecule has 0 fully saturated rings. The largest absolute Gasteiger partial charge is 0.494 e. The zero-order chi connectivity index (χ0) is 20.6. The summed E-state index contributed by atoms with van der Waals surface area (Å²) in [7, 11) is 0. The number of anilines is 1. The fourth-order valence-corrected chi connectivity index (χ4v) is 3.17. The van der Waals surface area contributed by atoms with Crippen molar-refractivity contribution < 1.29 is 14.3 Å². The fraction of sp³-hybridized carbons (Fsp3) is 0.136. The minimum Gasteiger partial charge on any atom is -0.494 e. The van der Waals surface area contributed by atoms with E-state index in [9.17, 15) is 9.59 Å². The summed E-state index contributed by atoms with van der Waals surface area (Å²) in [6, 6.07) is 17.8. The Bertz CT molecular complexity index is 1010. The molecule has 0 aliphatic carbocycles. The van der Waals surface area contributed by atoms with Crippen LogP contribution in [0.1, 0.15) is 39.4 Å². The van der Waals surface area contributed by atoms with Crippen molar-refractivity contribution in [2.24, 2.45) is 5.10 Å². The van der Waals surface area contributed by atoms with Gasteiger partial charge in [0.25, 0.3) is 11.8 Å². The monoisotopic (exact) mass is 407 g/mol. The van der Waals surface area contributed by atoms with Crippen molar-refractivity contribution in [2.75, 3.05) is 11.9 Å². The number of carbonyl (C=O) groups excluding carboxylic acids is 2. The van der Waals surface area contributed by atoms with Crippen LogP contribution in [0, 0.1) is 0 Å². The van der Waals surface area contributed by atoms with Gasteiger partial charge in [0.1, 0.15) is 5.75 Å². The van der Waals surface area contributed by atoms with Gasteiger partial charge < -0.3 is 10.1 Å². The van der Waals surface area contributed by atoms with E-state index in [-0.39, 0.29) is 11.8 Å². The van der Waals surface area contributed by atoms with Crippen LogP contribution in [0.5, 0.6) is 5.75 Å². The van der Waals surface area contributed by atoms with Gasteiger partial charge >= 0.3 is 0 Å². The SMILES string of the molecule is CCOc1ccc(C(=O)NN=C(C)c2cccc(NC(=O)c3cccs3)c2)cc1. The lowest BCUT2D eigenvalue weighted by molar-refractivity contribution is 0.0954. The highest BCUT2D eigenvalue weighted by atomic mass is 32.1. The van der Waals surface area contributed by atoms with Crippen molar-refractivity contribution in [3.05, 3.63) is 82.0 Å². The number of carbonyl (C=O) groups is 2. The molecule has 1 aromatic heterocycles. The number of amides is 2. The fourth-order valence-electron chi connectivity index (χ4n) is 2.56. The minimum absolute atomic E-state index is 0.157.